The van der Waals surface area contributed by atoms with Gasteiger partial charge in [-0.3, -0.25) is 0 Å². The Morgan fingerprint density at radius 2 is 1.71 bits per heavy atom. The molecule has 2 heterocycles. The quantitative estimate of drug-likeness (QED) is 0.576. The van der Waals surface area contributed by atoms with Crippen molar-refractivity contribution in [2.75, 3.05) is 32.8 Å². The van der Waals surface area contributed by atoms with Crippen molar-refractivity contribution >= 4 is 16.1 Å². The van der Waals surface area contributed by atoms with Gasteiger partial charge in [-0.2, -0.15) is 30.6 Å². The first kappa shape index (κ1) is 24.4. The number of carbonyl (C=O) groups is 1. The molecule has 3 rings (SSSR count). The molecule has 31 heavy (non-hydrogen) atoms. The van der Waals surface area contributed by atoms with Crippen LogP contribution in [-0.2, 0) is 19.5 Å². The van der Waals surface area contributed by atoms with Gasteiger partial charge < -0.3 is 14.4 Å². The van der Waals surface area contributed by atoms with E-state index in [0.717, 1.165) is 11.3 Å². The molecule has 1 saturated carbocycles. The highest BCUT2D eigenvalue weighted by Gasteiger charge is 2.60. The largest absolute Gasteiger partial charge is 0.434 e. The molecule has 2 atom stereocenters. The summed E-state index contributed by atoms with van der Waals surface area (Å²) in [7, 11) is -3.51. The lowest BCUT2D eigenvalue weighted by Gasteiger charge is -2.46. The second-order valence-corrected chi connectivity index (χ2v) is 10.3. The molecular weight excluding hydrogens is 458 g/mol. The molecule has 0 N–H and O–H groups in total. The Bertz CT molecular complexity index is 765. The fourth-order valence-electron chi connectivity index (χ4n) is 4.13. The lowest BCUT2D eigenvalue weighted by Crippen LogP contribution is -2.59. The number of hydrogen-bond acceptors (Lipinski definition) is 5. The van der Waals surface area contributed by atoms with Crippen molar-refractivity contribution in [2.24, 2.45) is 5.92 Å². The number of carbonyl (C=O) groups excluding carboxylic acids is 1. The number of rotatable bonds is 4. The van der Waals surface area contributed by atoms with E-state index >= 15 is 0 Å². The van der Waals surface area contributed by atoms with Crippen molar-refractivity contribution < 1.29 is 49.0 Å². The minimum absolute atomic E-state index is 0.0406. The summed E-state index contributed by atoms with van der Waals surface area (Å²) in [5.74, 6) is 0.121. The molecule has 0 bridgehead atoms. The minimum atomic E-state index is -5.79. The zero-order valence-corrected chi connectivity index (χ0v) is 17.5. The Balaban J connectivity index is 1.60. The summed E-state index contributed by atoms with van der Waals surface area (Å²) in [4.78, 5) is 12.7. The van der Waals surface area contributed by atoms with Gasteiger partial charge in [0.15, 0.2) is 0 Å². The molecule has 0 aromatic rings. The Hall–Kier alpha value is -1.28. The van der Waals surface area contributed by atoms with E-state index in [-0.39, 0.29) is 51.5 Å². The number of halogens is 6. The molecule has 7 nitrogen and oxygen atoms in total. The van der Waals surface area contributed by atoms with Gasteiger partial charge in [-0.1, -0.05) is 13.3 Å². The van der Waals surface area contributed by atoms with Crippen LogP contribution in [0.15, 0.2) is 0 Å². The van der Waals surface area contributed by atoms with E-state index in [1.807, 2.05) is 6.92 Å². The molecule has 1 aliphatic carbocycles. The molecule has 3 aliphatic rings. The van der Waals surface area contributed by atoms with E-state index in [1.54, 1.807) is 0 Å². The fourth-order valence-corrected chi connectivity index (χ4v) is 6.42. The number of nitrogens with zero attached hydrogens (tertiary/aromatic N) is 2. The van der Waals surface area contributed by atoms with Crippen LogP contribution in [0.1, 0.15) is 32.6 Å². The third-order valence-corrected chi connectivity index (χ3v) is 8.46. The van der Waals surface area contributed by atoms with Crippen LogP contribution >= 0.6 is 0 Å². The van der Waals surface area contributed by atoms with Crippen molar-refractivity contribution in [3.8, 4) is 0 Å². The summed E-state index contributed by atoms with van der Waals surface area (Å²) in [5, 5.41) is -0.426. The Labute approximate surface area is 175 Å². The number of morpholine rings is 1. The highest BCUT2D eigenvalue weighted by atomic mass is 32.2. The molecule has 1 unspecified atom stereocenters. The van der Waals surface area contributed by atoms with Crippen LogP contribution in [0, 0.1) is 5.92 Å². The number of sulfonamides is 1. The van der Waals surface area contributed by atoms with Gasteiger partial charge in [0.05, 0.1) is 17.5 Å². The zero-order valence-electron chi connectivity index (χ0n) is 16.7. The van der Waals surface area contributed by atoms with Crippen molar-refractivity contribution in [3.63, 3.8) is 0 Å². The first-order chi connectivity index (χ1) is 14.2. The number of ether oxygens (including phenoxy) is 2. The molecule has 0 aromatic heterocycles. The van der Waals surface area contributed by atoms with Gasteiger partial charge in [0, 0.05) is 26.2 Å². The summed E-state index contributed by atoms with van der Waals surface area (Å²) >= 11 is 0. The van der Waals surface area contributed by atoms with Crippen LogP contribution < -0.4 is 0 Å². The third kappa shape index (κ3) is 5.21. The Kier molecular flexibility index (Phi) is 6.48. The molecule has 3 fully saturated rings. The first-order valence-corrected chi connectivity index (χ1v) is 11.4. The predicted molar refractivity (Wildman–Crippen MR) is 94.5 cm³/mol. The zero-order chi connectivity index (χ0) is 23.2. The van der Waals surface area contributed by atoms with Gasteiger partial charge in [0.2, 0.25) is 10.0 Å². The predicted octanol–water partition coefficient (Wildman–Crippen LogP) is 2.91. The van der Waals surface area contributed by atoms with Crippen LogP contribution in [0.4, 0.5) is 31.1 Å². The van der Waals surface area contributed by atoms with Gasteiger partial charge in [-0.15, -0.1) is 0 Å². The summed E-state index contributed by atoms with van der Waals surface area (Å²) in [6.45, 7) is 1.84. The monoisotopic (exact) mass is 482 g/mol. The van der Waals surface area contributed by atoms with Crippen LogP contribution in [0.3, 0.4) is 0 Å². The standard InChI is InChI=1S/C17H24F6N2O5S/c1-2-11-9-12(11)31(27,28)25-7-8-29-15(10-25)3-5-24(6-4-15)14(26)30-13(16(18,19)20)17(21,22)23/h11-13H,2-10H2,1H3/t11?,12-/m1/s1. The van der Waals surface area contributed by atoms with Crippen molar-refractivity contribution in [2.45, 2.75) is 61.9 Å². The summed E-state index contributed by atoms with van der Waals surface area (Å²) < 4.78 is 112. The van der Waals surface area contributed by atoms with Crippen LogP contribution in [-0.4, -0.2) is 85.8 Å². The summed E-state index contributed by atoms with van der Waals surface area (Å²) in [5.41, 5.74) is -0.938. The van der Waals surface area contributed by atoms with Gasteiger partial charge in [0.1, 0.15) is 0 Å². The first-order valence-electron chi connectivity index (χ1n) is 9.91. The average molecular weight is 482 g/mol. The maximum atomic E-state index is 12.8. The third-order valence-electron chi connectivity index (χ3n) is 6.08. The molecule has 1 amide bonds. The SMILES string of the molecule is CCC1C[C@H]1S(=O)(=O)N1CCOC2(CCN(C(=O)OC(C(F)(F)F)C(F)(F)F)CC2)C1. The molecule has 2 saturated heterocycles. The molecular formula is C17H24F6N2O5S. The molecule has 1 spiro atoms. The lowest BCUT2D eigenvalue weighted by molar-refractivity contribution is -0.308. The maximum Gasteiger partial charge on any atom is 0.434 e. The summed E-state index contributed by atoms with van der Waals surface area (Å²) in [6, 6.07) is 0. The molecule has 0 aromatic carbocycles. The number of hydrogen-bond donors (Lipinski definition) is 0. The maximum absolute atomic E-state index is 12.8. The lowest BCUT2D eigenvalue weighted by atomic mass is 9.90. The Morgan fingerprint density at radius 1 is 1.13 bits per heavy atom. The van der Waals surface area contributed by atoms with E-state index in [9.17, 15) is 39.6 Å². The van der Waals surface area contributed by atoms with E-state index in [1.165, 1.54) is 4.31 Å². The van der Waals surface area contributed by atoms with Gasteiger partial charge in [-0.25, -0.2) is 13.2 Å². The number of amides is 1. The van der Waals surface area contributed by atoms with Crippen LogP contribution in [0.25, 0.3) is 0 Å². The van der Waals surface area contributed by atoms with Crippen molar-refractivity contribution in [1.82, 2.24) is 9.21 Å². The Morgan fingerprint density at radius 3 is 2.19 bits per heavy atom. The van der Waals surface area contributed by atoms with E-state index in [0.29, 0.717) is 6.42 Å². The van der Waals surface area contributed by atoms with E-state index in [4.69, 9.17) is 4.74 Å². The smallest absolute Gasteiger partial charge is 0.426 e. The molecule has 2 aliphatic heterocycles. The van der Waals surface area contributed by atoms with Crippen LogP contribution in [0.2, 0.25) is 0 Å². The van der Waals surface area contributed by atoms with E-state index < -0.39 is 45.4 Å². The average Bonchev–Trinajstić information content (AvgIpc) is 3.45. The topological polar surface area (TPSA) is 76.2 Å². The molecule has 14 heteroatoms. The minimum Gasteiger partial charge on any atom is -0.426 e. The number of alkyl halides is 6. The molecule has 180 valence electrons. The van der Waals surface area contributed by atoms with Gasteiger partial charge >= 0.3 is 18.4 Å². The van der Waals surface area contributed by atoms with Gasteiger partial charge in [-0.05, 0) is 25.2 Å². The number of piperidine rings is 1. The van der Waals surface area contributed by atoms with Crippen molar-refractivity contribution in [1.29, 1.82) is 0 Å². The second-order valence-electron chi connectivity index (χ2n) is 8.19. The second kappa shape index (κ2) is 8.25. The van der Waals surface area contributed by atoms with Crippen molar-refractivity contribution in [3.05, 3.63) is 0 Å². The number of likely N-dealkylation sites (tertiary alicyclic amines) is 1. The highest BCUT2D eigenvalue weighted by Crippen LogP contribution is 2.43. The molecule has 0 radical (unpaired) electrons. The highest BCUT2D eigenvalue weighted by molar-refractivity contribution is 7.90. The fraction of sp³-hybridized carbons (Fsp3) is 0.941. The summed E-state index contributed by atoms with van der Waals surface area (Å²) in [6.07, 6.45) is -16.0. The van der Waals surface area contributed by atoms with Crippen LogP contribution in [0.5, 0.6) is 0 Å². The normalized spacial score (nSPS) is 27.5. The van der Waals surface area contributed by atoms with E-state index in [2.05, 4.69) is 4.74 Å². The van der Waals surface area contributed by atoms with Gasteiger partial charge in [0.25, 0.3) is 6.10 Å².